The number of nitrogens with one attached hydrogen (secondary N) is 2. The number of hydrogen-bond donors (Lipinski definition) is 2. The third-order valence-electron chi connectivity index (χ3n) is 4.42. The molecule has 2 aromatic carbocycles. The summed E-state index contributed by atoms with van der Waals surface area (Å²) in [6, 6.07) is 13.0. The fourth-order valence-corrected chi connectivity index (χ4v) is 3.33. The van der Waals surface area contributed by atoms with Crippen molar-refractivity contribution < 1.29 is 13.2 Å². The Balaban J connectivity index is 2.16. The third-order valence-corrected chi connectivity index (χ3v) is 5.01. The highest BCUT2D eigenvalue weighted by Gasteiger charge is 2.16. The van der Waals surface area contributed by atoms with Crippen LogP contribution >= 0.6 is 0 Å². The molecule has 27 heavy (non-hydrogen) atoms. The van der Waals surface area contributed by atoms with E-state index in [1.807, 2.05) is 19.1 Å². The lowest BCUT2D eigenvalue weighted by molar-refractivity contribution is 0.0940. The lowest BCUT2D eigenvalue weighted by Crippen LogP contribution is -2.27. The maximum absolute atomic E-state index is 12.6. The Bertz CT molecular complexity index is 927. The summed E-state index contributed by atoms with van der Waals surface area (Å²) in [5.41, 5.74) is 3.90. The Morgan fingerprint density at radius 2 is 1.63 bits per heavy atom. The molecule has 0 heterocycles. The summed E-state index contributed by atoms with van der Waals surface area (Å²) in [5.74, 6) is -0.251. The summed E-state index contributed by atoms with van der Waals surface area (Å²) in [6.45, 7) is 10.2. The fourth-order valence-electron chi connectivity index (χ4n) is 2.71. The molecule has 2 N–H and O–H groups in total. The molecule has 0 unspecified atom stereocenters. The molecule has 0 spiro atoms. The lowest BCUT2D eigenvalue weighted by atomic mass is 9.86. The normalized spacial score (nSPS) is 13.1. The van der Waals surface area contributed by atoms with E-state index in [1.54, 1.807) is 25.1 Å². The van der Waals surface area contributed by atoms with Gasteiger partial charge in [-0.25, -0.2) is 8.42 Å². The number of carbonyl (C=O) groups excluding carboxylic acids is 1. The van der Waals surface area contributed by atoms with Crippen molar-refractivity contribution in [1.29, 1.82) is 0 Å². The van der Waals surface area contributed by atoms with Gasteiger partial charge >= 0.3 is 0 Å². The van der Waals surface area contributed by atoms with Crippen LogP contribution in [0.4, 0.5) is 5.69 Å². The number of anilines is 1. The Hall–Kier alpha value is -2.34. The van der Waals surface area contributed by atoms with E-state index in [2.05, 4.69) is 42.9 Å². The first-order valence-corrected chi connectivity index (χ1v) is 10.8. The second-order valence-corrected chi connectivity index (χ2v) is 9.72. The van der Waals surface area contributed by atoms with Gasteiger partial charge in [0.25, 0.3) is 5.91 Å². The zero-order valence-electron chi connectivity index (χ0n) is 16.8. The van der Waals surface area contributed by atoms with Gasteiger partial charge in [0.05, 0.1) is 18.0 Å². The van der Waals surface area contributed by atoms with Crippen LogP contribution < -0.4 is 10.0 Å². The molecule has 0 aromatic heterocycles. The summed E-state index contributed by atoms with van der Waals surface area (Å²) in [7, 11) is -3.41. The van der Waals surface area contributed by atoms with Gasteiger partial charge in [-0.1, -0.05) is 51.1 Å². The summed E-state index contributed by atoms with van der Waals surface area (Å²) >= 11 is 0. The third kappa shape index (κ3) is 5.82. The molecule has 0 aliphatic rings. The van der Waals surface area contributed by atoms with Crippen LogP contribution in [-0.2, 0) is 15.4 Å². The molecule has 5 nitrogen and oxygen atoms in total. The van der Waals surface area contributed by atoms with Crippen molar-refractivity contribution >= 4 is 21.6 Å². The van der Waals surface area contributed by atoms with E-state index in [4.69, 9.17) is 0 Å². The van der Waals surface area contributed by atoms with Gasteiger partial charge in [-0.15, -0.1) is 0 Å². The molecule has 1 atom stereocenters. The first-order chi connectivity index (χ1) is 12.4. The molecule has 6 heteroatoms. The Labute approximate surface area is 162 Å². The molecule has 2 rings (SSSR count). The van der Waals surface area contributed by atoms with Crippen molar-refractivity contribution in [3.8, 4) is 0 Å². The molecule has 0 saturated heterocycles. The standard InChI is InChI=1S/C21H28N2O3S/c1-14-7-8-17(13-19(14)23-27(6,25)26)20(24)22-15(2)16-9-11-18(12-10-16)21(3,4)5/h7-13,15,23H,1-6H3,(H,22,24)/t15-/m1/s1. The van der Waals surface area contributed by atoms with E-state index >= 15 is 0 Å². The summed E-state index contributed by atoms with van der Waals surface area (Å²) in [4.78, 5) is 12.6. The fraction of sp³-hybridized carbons (Fsp3) is 0.381. The van der Waals surface area contributed by atoms with Crippen molar-refractivity contribution in [2.24, 2.45) is 0 Å². The van der Waals surface area contributed by atoms with Crippen molar-refractivity contribution in [2.45, 2.75) is 46.1 Å². The summed E-state index contributed by atoms with van der Waals surface area (Å²) < 4.78 is 25.4. The van der Waals surface area contributed by atoms with Crippen molar-refractivity contribution in [3.05, 3.63) is 64.7 Å². The SMILES string of the molecule is Cc1ccc(C(=O)N[C@H](C)c2ccc(C(C)(C)C)cc2)cc1NS(C)(=O)=O. The van der Waals surface area contributed by atoms with Crippen molar-refractivity contribution in [2.75, 3.05) is 11.0 Å². The highest BCUT2D eigenvalue weighted by atomic mass is 32.2. The molecular weight excluding hydrogens is 360 g/mol. The molecule has 2 aromatic rings. The van der Waals surface area contributed by atoms with E-state index in [9.17, 15) is 13.2 Å². The van der Waals surface area contributed by atoms with Crippen LogP contribution in [0.3, 0.4) is 0 Å². The predicted octanol–water partition coefficient (Wildman–Crippen LogP) is 4.16. The van der Waals surface area contributed by atoms with Gasteiger partial charge in [-0.05, 0) is 48.1 Å². The molecule has 0 aliphatic carbocycles. The number of rotatable bonds is 5. The van der Waals surface area contributed by atoms with Gasteiger partial charge in [0.15, 0.2) is 0 Å². The predicted molar refractivity (Wildman–Crippen MR) is 111 cm³/mol. The van der Waals surface area contributed by atoms with Crippen LogP contribution in [0.15, 0.2) is 42.5 Å². The van der Waals surface area contributed by atoms with Crippen LogP contribution in [0.2, 0.25) is 0 Å². The highest BCUT2D eigenvalue weighted by Crippen LogP contribution is 2.24. The average molecular weight is 389 g/mol. The van der Waals surface area contributed by atoms with E-state index < -0.39 is 10.0 Å². The van der Waals surface area contributed by atoms with Crippen LogP contribution in [0.1, 0.15) is 60.8 Å². The van der Waals surface area contributed by atoms with Gasteiger partial charge < -0.3 is 5.32 Å². The largest absolute Gasteiger partial charge is 0.346 e. The number of hydrogen-bond acceptors (Lipinski definition) is 3. The molecule has 0 saturated carbocycles. The zero-order valence-corrected chi connectivity index (χ0v) is 17.6. The molecule has 0 aliphatic heterocycles. The van der Waals surface area contributed by atoms with Gasteiger partial charge in [-0.3, -0.25) is 9.52 Å². The monoisotopic (exact) mass is 388 g/mol. The lowest BCUT2D eigenvalue weighted by Gasteiger charge is -2.21. The first-order valence-electron chi connectivity index (χ1n) is 8.86. The summed E-state index contributed by atoms with van der Waals surface area (Å²) in [6.07, 6.45) is 1.09. The van der Waals surface area contributed by atoms with Gasteiger partial charge in [0.2, 0.25) is 10.0 Å². The van der Waals surface area contributed by atoms with E-state index in [0.29, 0.717) is 11.3 Å². The topological polar surface area (TPSA) is 75.3 Å². The molecule has 0 fully saturated rings. The van der Waals surface area contributed by atoms with Gasteiger partial charge in [0, 0.05) is 5.56 Å². The minimum absolute atomic E-state index is 0.0793. The van der Waals surface area contributed by atoms with Crippen LogP contribution in [0, 0.1) is 6.92 Å². The van der Waals surface area contributed by atoms with Crippen LogP contribution in [0.25, 0.3) is 0 Å². The number of carbonyl (C=O) groups is 1. The maximum atomic E-state index is 12.6. The van der Waals surface area contributed by atoms with Crippen LogP contribution in [-0.4, -0.2) is 20.6 Å². The quantitative estimate of drug-likeness (QED) is 0.808. The molecule has 146 valence electrons. The number of benzene rings is 2. The minimum atomic E-state index is -3.41. The second kappa shape index (κ2) is 7.72. The second-order valence-electron chi connectivity index (χ2n) is 7.97. The number of amides is 1. The average Bonchev–Trinajstić information content (AvgIpc) is 2.54. The Morgan fingerprint density at radius 1 is 1.04 bits per heavy atom. The highest BCUT2D eigenvalue weighted by molar-refractivity contribution is 7.92. The smallest absolute Gasteiger partial charge is 0.251 e. The van der Waals surface area contributed by atoms with Crippen LogP contribution in [0.5, 0.6) is 0 Å². The van der Waals surface area contributed by atoms with Crippen molar-refractivity contribution in [3.63, 3.8) is 0 Å². The number of aryl methyl sites for hydroxylation is 1. The zero-order chi connectivity index (χ0) is 20.4. The van der Waals surface area contributed by atoms with E-state index in [1.165, 1.54) is 5.56 Å². The Kier molecular flexibility index (Phi) is 6.00. The number of sulfonamides is 1. The van der Waals surface area contributed by atoms with E-state index in [-0.39, 0.29) is 17.4 Å². The minimum Gasteiger partial charge on any atom is -0.346 e. The molecule has 0 radical (unpaired) electrons. The molecule has 0 bridgehead atoms. The van der Waals surface area contributed by atoms with Gasteiger partial charge in [0.1, 0.15) is 0 Å². The van der Waals surface area contributed by atoms with E-state index in [0.717, 1.165) is 17.4 Å². The first kappa shape index (κ1) is 21.0. The van der Waals surface area contributed by atoms with Gasteiger partial charge in [-0.2, -0.15) is 0 Å². The molecular formula is C21H28N2O3S. The Morgan fingerprint density at radius 3 is 2.15 bits per heavy atom. The van der Waals surface area contributed by atoms with Crippen molar-refractivity contribution in [1.82, 2.24) is 5.32 Å². The summed E-state index contributed by atoms with van der Waals surface area (Å²) in [5, 5.41) is 2.96. The molecule has 1 amide bonds. The maximum Gasteiger partial charge on any atom is 0.251 e.